The zero-order chi connectivity index (χ0) is 26.8. The third-order valence-corrected chi connectivity index (χ3v) is 6.76. The molecule has 1 amide bonds. The minimum absolute atomic E-state index is 0.0317. The fraction of sp³-hybridized carbons (Fsp3) is 0.172. The van der Waals surface area contributed by atoms with E-state index in [0.29, 0.717) is 32.9 Å². The molecule has 0 saturated carbocycles. The van der Waals surface area contributed by atoms with Crippen LogP contribution in [-0.4, -0.2) is 32.7 Å². The number of hydrazone groups is 1. The lowest BCUT2D eigenvalue weighted by Crippen LogP contribution is -2.27. The quantitative estimate of drug-likeness (QED) is 0.309. The molecule has 0 saturated heterocycles. The second kappa shape index (κ2) is 10.6. The van der Waals surface area contributed by atoms with Crippen molar-refractivity contribution < 1.29 is 19.1 Å². The fourth-order valence-electron chi connectivity index (χ4n) is 4.79. The van der Waals surface area contributed by atoms with Gasteiger partial charge in [0, 0.05) is 40.8 Å². The molecule has 0 bridgehead atoms. The molecule has 7 nitrogen and oxygen atoms in total. The van der Waals surface area contributed by atoms with E-state index in [2.05, 4.69) is 10.1 Å². The summed E-state index contributed by atoms with van der Waals surface area (Å²) < 4.78 is 13.7. The standard InChI is InChI=1S/C29H23ClFN3O4/c30-19-11-14-22-21(15-19)27(18-5-2-1-3-6-18)28(29(38)32-22)23-16-24(17-9-12-20(31)13-10-17)34(33-23)25(35)7-4-8-26(36)37/h1-3,5-6,9-15,24H,4,7-8,16H2,(H,32,38)(H,36,37). The number of nitrogens with zero attached hydrogens (tertiary/aromatic N) is 2. The summed E-state index contributed by atoms with van der Waals surface area (Å²) in [7, 11) is 0. The van der Waals surface area contributed by atoms with Crippen molar-refractivity contribution >= 4 is 40.1 Å². The van der Waals surface area contributed by atoms with Crippen molar-refractivity contribution in [1.29, 1.82) is 0 Å². The van der Waals surface area contributed by atoms with Crippen molar-refractivity contribution in [3.63, 3.8) is 0 Å². The van der Waals surface area contributed by atoms with Gasteiger partial charge in [-0.15, -0.1) is 0 Å². The fourth-order valence-corrected chi connectivity index (χ4v) is 4.96. The van der Waals surface area contributed by atoms with Crippen LogP contribution in [0.2, 0.25) is 5.02 Å². The van der Waals surface area contributed by atoms with E-state index in [1.165, 1.54) is 17.1 Å². The van der Waals surface area contributed by atoms with Gasteiger partial charge >= 0.3 is 5.97 Å². The van der Waals surface area contributed by atoms with Gasteiger partial charge in [0.1, 0.15) is 5.82 Å². The van der Waals surface area contributed by atoms with Gasteiger partial charge < -0.3 is 10.1 Å². The number of aliphatic carboxylic acids is 1. The van der Waals surface area contributed by atoms with Gasteiger partial charge in [-0.05, 0) is 47.9 Å². The van der Waals surface area contributed by atoms with E-state index in [1.54, 1.807) is 30.3 Å². The van der Waals surface area contributed by atoms with E-state index in [1.807, 2.05) is 30.3 Å². The molecule has 3 aromatic carbocycles. The van der Waals surface area contributed by atoms with Crippen molar-refractivity contribution in [3.05, 3.63) is 105 Å². The molecule has 1 aliphatic rings. The summed E-state index contributed by atoms with van der Waals surface area (Å²) in [6, 6.07) is 19.8. The molecular formula is C29H23ClFN3O4. The molecule has 1 aromatic heterocycles. The van der Waals surface area contributed by atoms with E-state index in [4.69, 9.17) is 16.7 Å². The SMILES string of the molecule is O=C(O)CCCC(=O)N1N=C(c2c(-c3ccccc3)c3cc(Cl)ccc3[nH]c2=O)CC1c1ccc(F)cc1. The van der Waals surface area contributed by atoms with E-state index in [0.717, 1.165) is 10.9 Å². The Kier molecular flexibility index (Phi) is 7.07. The smallest absolute Gasteiger partial charge is 0.303 e. The first-order valence-electron chi connectivity index (χ1n) is 12.1. The number of carboxylic acids is 1. The maximum Gasteiger partial charge on any atom is 0.303 e. The minimum Gasteiger partial charge on any atom is -0.481 e. The molecule has 5 rings (SSSR count). The lowest BCUT2D eigenvalue weighted by Gasteiger charge is -2.22. The number of carbonyl (C=O) groups excluding carboxylic acids is 1. The van der Waals surface area contributed by atoms with Crippen molar-refractivity contribution in [2.45, 2.75) is 31.7 Å². The van der Waals surface area contributed by atoms with Crippen LogP contribution in [-0.2, 0) is 9.59 Å². The second-order valence-corrected chi connectivity index (χ2v) is 9.50. The maximum absolute atomic E-state index is 13.7. The van der Waals surface area contributed by atoms with E-state index in [9.17, 15) is 18.8 Å². The molecule has 1 aliphatic heterocycles. The maximum atomic E-state index is 13.7. The number of hydrogen-bond acceptors (Lipinski definition) is 4. The average Bonchev–Trinajstić information content (AvgIpc) is 3.34. The average molecular weight is 532 g/mol. The first-order valence-corrected chi connectivity index (χ1v) is 12.5. The van der Waals surface area contributed by atoms with E-state index in [-0.39, 0.29) is 37.1 Å². The summed E-state index contributed by atoms with van der Waals surface area (Å²) in [6.45, 7) is 0. The number of aromatic nitrogens is 1. The topological polar surface area (TPSA) is 103 Å². The number of H-pyrrole nitrogens is 1. The molecule has 192 valence electrons. The minimum atomic E-state index is -0.993. The first-order chi connectivity index (χ1) is 18.3. The van der Waals surface area contributed by atoms with Gasteiger partial charge in [0.05, 0.1) is 17.3 Å². The summed E-state index contributed by atoms with van der Waals surface area (Å²) in [5.74, 6) is -1.79. The summed E-state index contributed by atoms with van der Waals surface area (Å²) in [4.78, 5) is 40.6. The molecule has 0 radical (unpaired) electrons. The molecule has 1 unspecified atom stereocenters. The number of fused-ring (bicyclic) bond motifs is 1. The van der Waals surface area contributed by atoms with Crippen LogP contribution in [0.1, 0.15) is 42.9 Å². The predicted octanol–water partition coefficient (Wildman–Crippen LogP) is 5.92. The van der Waals surface area contributed by atoms with Crippen LogP contribution in [0.25, 0.3) is 22.0 Å². The molecule has 2 heterocycles. The Balaban J connectivity index is 1.66. The van der Waals surface area contributed by atoms with Crippen LogP contribution in [0.15, 0.2) is 82.7 Å². The van der Waals surface area contributed by atoms with Crippen LogP contribution in [0.4, 0.5) is 4.39 Å². The monoisotopic (exact) mass is 531 g/mol. The summed E-state index contributed by atoms with van der Waals surface area (Å²) >= 11 is 6.33. The summed E-state index contributed by atoms with van der Waals surface area (Å²) in [5, 5.41) is 16.1. The Bertz CT molecular complexity index is 1620. The Morgan fingerprint density at radius 1 is 1.03 bits per heavy atom. The van der Waals surface area contributed by atoms with Gasteiger partial charge in [0.25, 0.3) is 5.56 Å². The van der Waals surface area contributed by atoms with Crippen LogP contribution in [0.3, 0.4) is 0 Å². The normalized spacial score (nSPS) is 15.1. The van der Waals surface area contributed by atoms with Crippen molar-refractivity contribution in [3.8, 4) is 11.1 Å². The number of halogens is 2. The number of hydrogen-bond donors (Lipinski definition) is 2. The van der Waals surface area contributed by atoms with Gasteiger partial charge in [-0.25, -0.2) is 9.40 Å². The van der Waals surface area contributed by atoms with Crippen molar-refractivity contribution in [1.82, 2.24) is 9.99 Å². The number of pyridine rings is 1. The van der Waals surface area contributed by atoms with Gasteiger partial charge in [-0.3, -0.25) is 14.4 Å². The molecule has 0 fully saturated rings. The number of carboxylic acid groups (broad SMARTS) is 1. The molecular weight excluding hydrogens is 509 g/mol. The van der Waals surface area contributed by atoms with Gasteiger partial charge in [-0.1, -0.05) is 54.1 Å². The highest BCUT2D eigenvalue weighted by molar-refractivity contribution is 6.31. The van der Waals surface area contributed by atoms with Crippen LogP contribution in [0, 0.1) is 5.82 Å². The zero-order valence-electron chi connectivity index (χ0n) is 20.2. The van der Waals surface area contributed by atoms with Gasteiger partial charge in [0.2, 0.25) is 5.91 Å². The first kappa shape index (κ1) is 25.4. The van der Waals surface area contributed by atoms with Gasteiger partial charge in [0.15, 0.2) is 0 Å². The number of amides is 1. The number of benzene rings is 3. The second-order valence-electron chi connectivity index (χ2n) is 9.06. The Labute approximate surface area is 222 Å². The van der Waals surface area contributed by atoms with Crippen molar-refractivity contribution in [2.75, 3.05) is 0 Å². The highest BCUT2D eigenvalue weighted by Gasteiger charge is 2.35. The molecule has 9 heteroatoms. The predicted molar refractivity (Wildman–Crippen MR) is 144 cm³/mol. The molecule has 1 atom stereocenters. The molecule has 38 heavy (non-hydrogen) atoms. The lowest BCUT2D eigenvalue weighted by atomic mass is 9.91. The Morgan fingerprint density at radius 2 is 1.76 bits per heavy atom. The third-order valence-electron chi connectivity index (χ3n) is 6.53. The summed E-state index contributed by atoms with van der Waals surface area (Å²) in [6.07, 6.45) is 0.178. The highest BCUT2D eigenvalue weighted by atomic mass is 35.5. The third kappa shape index (κ3) is 5.08. The summed E-state index contributed by atoms with van der Waals surface area (Å²) in [5.41, 5.74) is 3.04. The number of rotatable bonds is 7. The molecule has 0 aliphatic carbocycles. The Hall–Kier alpha value is -4.30. The van der Waals surface area contributed by atoms with Crippen LogP contribution < -0.4 is 5.56 Å². The largest absolute Gasteiger partial charge is 0.481 e. The highest BCUT2D eigenvalue weighted by Crippen LogP contribution is 2.37. The molecule has 2 N–H and O–H groups in total. The van der Waals surface area contributed by atoms with Crippen LogP contribution >= 0.6 is 11.6 Å². The zero-order valence-corrected chi connectivity index (χ0v) is 20.9. The van der Waals surface area contributed by atoms with Crippen LogP contribution in [0.5, 0.6) is 0 Å². The number of aromatic amines is 1. The van der Waals surface area contributed by atoms with Crippen molar-refractivity contribution in [2.24, 2.45) is 5.10 Å². The van der Waals surface area contributed by atoms with E-state index < -0.39 is 17.8 Å². The lowest BCUT2D eigenvalue weighted by molar-refractivity contribution is -0.137. The number of nitrogens with one attached hydrogen (secondary N) is 1. The number of carbonyl (C=O) groups is 2. The Morgan fingerprint density at radius 3 is 2.47 bits per heavy atom. The van der Waals surface area contributed by atoms with Gasteiger partial charge in [-0.2, -0.15) is 5.10 Å². The van der Waals surface area contributed by atoms with E-state index >= 15 is 0 Å². The molecule has 4 aromatic rings. The molecule has 0 spiro atoms.